The van der Waals surface area contributed by atoms with Gasteiger partial charge in [-0.2, -0.15) is 5.10 Å². The van der Waals surface area contributed by atoms with E-state index in [2.05, 4.69) is 21.0 Å². The van der Waals surface area contributed by atoms with Crippen LogP contribution >= 0.6 is 15.9 Å². The van der Waals surface area contributed by atoms with Gasteiger partial charge in [-0.15, -0.1) is 0 Å². The molecule has 7 heteroatoms. The molecule has 19 heavy (non-hydrogen) atoms. The lowest BCUT2D eigenvalue weighted by Crippen LogP contribution is -1.99. The van der Waals surface area contributed by atoms with Crippen molar-refractivity contribution in [3.05, 3.63) is 28.4 Å². The molecule has 3 rings (SSSR count). The first-order valence-electron chi connectivity index (χ1n) is 5.43. The minimum absolute atomic E-state index is 0.00191. The molecular weight excluding hydrogens is 316 g/mol. The Morgan fingerprint density at radius 1 is 1.37 bits per heavy atom. The summed E-state index contributed by atoms with van der Waals surface area (Å²) in [7, 11) is 1.69. The lowest BCUT2D eigenvalue weighted by molar-refractivity contribution is 0.0689. The molecule has 0 amide bonds. The average Bonchev–Trinajstić information content (AvgIpc) is 2.94. The maximum Gasteiger partial charge on any atom is 0.356 e. The Kier molecular flexibility index (Phi) is 2.70. The van der Waals surface area contributed by atoms with Crippen molar-refractivity contribution >= 4 is 21.9 Å². The monoisotopic (exact) mass is 324 g/mol. The number of ether oxygens (including phenoxy) is 2. The largest absolute Gasteiger partial charge is 0.476 e. The lowest BCUT2D eigenvalue weighted by atomic mass is 10.1. The topological polar surface area (TPSA) is 73.6 Å². The summed E-state index contributed by atoms with van der Waals surface area (Å²) in [6.45, 7) is 0.191. The molecule has 1 aliphatic heterocycles. The highest BCUT2D eigenvalue weighted by atomic mass is 79.9. The molecule has 0 fully saturated rings. The number of hydrogen-bond donors (Lipinski definition) is 1. The second kappa shape index (κ2) is 4.27. The molecule has 2 aromatic rings. The van der Waals surface area contributed by atoms with E-state index in [1.807, 2.05) is 0 Å². The number of halogens is 1. The van der Waals surface area contributed by atoms with Crippen molar-refractivity contribution in [3.63, 3.8) is 0 Å². The normalized spacial score (nSPS) is 12.7. The number of aromatic carboxylic acids is 1. The van der Waals surface area contributed by atoms with Crippen LogP contribution in [-0.4, -0.2) is 27.6 Å². The second-order valence-electron chi connectivity index (χ2n) is 4.03. The zero-order chi connectivity index (χ0) is 13.6. The standard InChI is InChI=1S/C12H9BrN2O4/c1-15-9(4-8(14-15)12(16)17)6-2-10-11(3-7(6)13)19-5-18-10/h2-4H,5H2,1H3,(H,16,17). The van der Waals surface area contributed by atoms with Gasteiger partial charge in [-0.25, -0.2) is 4.79 Å². The molecule has 0 aliphatic carbocycles. The molecule has 1 aromatic carbocycles. The van der Waals surface area contributed by atoms with Gasteiger partial charge in [0.05, 0.1) is 5.69 Å². The molecular formula is C12H9BrN2O4. The van der Waals surface area contributed by atoms with Crippen molar-refractivity contribution in [1.29, 1.82) is 0 Å². The molecule has 1 aliphatic rings. The molecule has 0 radical (unpaired) electrons. The Hall–Kier alpha value is -2.02. The van der Waals surface area contributed by atoms with Crippen molar-refractivity contribution in [2.45, 2.75) is 0 Å². The van der Waals surface area contributed by atoms with E-state index < -0.39 is 5.97 Å². The van der Waals surface area contributed by atoms with Crippen molar-refractivity contribution in [3.8, 4) is 22.8 Å². The van der Waals surface area contributed by atoms with Crippen LogP contribution in [0.25, 0.3) is 11.3 Å². The Morgan fingerprint density at radius 3 is 2.68 bits per heavy atom. The van der Waals surface area contributed by atoms with Crippen LogP contribution in [0.1, 0.15) is 10.5 Å². The van der Waals surface area contributed by atoms with E-state index in [9.17, 15) is 4.79 Å². The van der Waals surface area contributed by atoms with E-state index in [-0.39, 0.29) is 12.5 Å². The van der Waals surface area contributed by atoms with Crippen LogP contribution in [0.5, 0.6) is 11.5 Å². The van der Waals surface area contributed by atoms with Gasteiger partial charge in [0.25, 0.3) is 0 Å². The molecule has 2 heterocycles. The van der Waals surface area contributed by atoms with Crippen LogP contribution in [0.2, 0.25) is 0 Å². The number of carbonyl (C=O) groups is 1. The van der Waals surface area contributed by atoms with Gasteiger partial charge in [0.1, 0.15) is 0 Å². The number of carboxylic acids is 1. The van der Waals surface area contributed by atoms with Crippen molar-refractivity contribution in [1.82, 2.24) is 9.78 Å². The first-order valence-corrected chi connectivity index (χ1v) is 6.22. The summed E-state index contributed by atoms with van der Waals surface area (Å²) in [6.07, 6.45) is 0. The first kappa shape index (κ1) is 12.0. The van der Waals surface area contributed by atoms with Gasteiger partial charge >= 0.3 is 5.97 Å². The van der Waals surface area contributed by atoms with Crippen LogP contribution in [0, 0.1) is 0 Å². The maximum absolute atomic E-state index is 10.9. The number of hydrogen-bond acceptors (Lipinski definition) is 4. The molecule has 6 nitrogen and oxygen atoms in total. The third-order valence-corrected chi connectivity index (χ3v) is 3.49. The highest BCUT2D eigenvalue weighted by Gasteiger charge is 2.20. The second-order valence-corrected chi connectivity index (χ2v) is 4.88. The van der Waals surface area contributed by atoms with Crippen LogP contribution in [-0.2, 0) is 7.05 Å². The predicted molar refractivity (Wildman–Crippen MR) is 69.4 cm³/mol. The number of nitrogens with zero attached hydrogens (tertiary/aromatic N) is 2. The number of benzene rings is 1. The van der Waals surface area contributed by atoms with Crippen LogP contribution in [0.15, 0.2) is 22.7 Å². The lowest BCUT2D eigenvalue weighted by Gasteiger charge is -2.06. The SMILES string of the molecule is Cn1nc(C(=O)O)cc1-c1cc2c(cc1Br)OCO2. The quantitative estimate of drug-likeness (QED) is 0.917. The number of fused-ring (bicyclic) bond motifs is 1. The Balaban J connectivity index is 2.14. The van der Waals surface area contributed by atoms with Crippen LogP contribution in [0.3, 0.4) is 0 Å². The van der Waals surface area contributed by atoms with E-state index in [1.165, 1.54) is 10.7 Å². The van der Waals surface area contributed by atoms with E-state index in [1.54, 1.807) is 19.2 Å². The molecule has 1 aromatic heterocycles. The number of aryl methyl sites for hydroxylation is 1. The number of rotatable bonds is 2. The van der Waals surface area contributed by atoms with Gasteiger partial charge in [-0.3, -0.25) is 4.68 Å². The summed E-state index contributed by atoms with van der Waals surface area (Å²) >= 11 is 3.44. The average molecular weight is 325 g/mol. The Bertz CT molecular complexity index is 681. The number of carboxylic acid groups (broad SMARTS) is 1. The maximum atomic E-state index is 10.9. The minimum atomic E-state index is -1.06. The third-order valence-electron chi connectivity index (χ3n) is 2.84. The fourth-order valence-electron chi connectivity index (χ4n) is 1.94. The van der Waals surface area contributed by atoms with Crippen LogP contribution < -0.4 is 9.47 Å². The zero-order valence-electron chi connectivity index (χ0n) is 9.88. The molecule has 0 bridgehead atoms. The van der Waals surface area contributed by atoms with Crippen molar-refractivity contribution in [2.75, 3.05) is 6.79 Å². The van der Waals surface area contributed by atoms with Gasteiger partial charge in [-0.05, 0) is 34.1 Å². The van der Waals surface area contributed by atoms with Crippen LogP contribution in [0.4, 0.5) is 0 Å². The number of aromatic nitrogens is 2. The summed E-state index contributed by atoms with van der Waals surface area (Å²) < 4.78 is 12.9. The Morgan fingerprint density at radius 2 is 2.05 bits per heavy atom. The van der Waals surface area contributed by atoms with Gasteiger partial charge < -0.3 is 14.6 Å². The fraction of sp³-hybridized carbons (Fsp3) is 0.167. The van der Waals surface area contributed by atoms with E-state index in [4.69, 9.17) is 14.6 Å². The summed E-state index contributed by atoms with van der Waals surface area (Å²) in [4.78, 5) is 10.9. The molecule has 0 saturated carbocycles. The Labute approximate surface area is 116 Å². The third kappa shape index (κ3) is 1.95. The molecule has 1 N–H and O–H groups in total. The summed E-state index contributed by atoms with van der Waals surface area (Å²) in [5.41, 5.74) is 1.48. The first-order chi connectivity index (χ1) is 9.06. The molecule has 0 saturated heterocycles. The van der Waals surface area contributed by atoms with Crippen molar-refractivity contribution < 1.29 is 19.4 Å². The minimum Gasteiger partial charge on any atom is -0.476 e. The molecule has 98 valence electrons. The zero-order valence-corrected chi connectivity index (χ0v) is 11.5. The highest BCUT2D eigenvalue weighted by Crippen LogP contribution is 2.41. The highest BCUT2D eigenvalue weighted by molar-refractivity contribution is 9.10. The van der Waals surface area contributed by atoms with E-state index in [0.717, 1.165) is 10.0 Å². The van der Waals surface area contributed by atoms with Crippen molar-refractivity contribution in [2.24, 2.45) is 7.05 Å². The molecule has 0 atom stereocenters. The smallest absolute Gasteiger partial charge is 0.356 e. The molecule has 0 spiro atoms. The fourth-order valence-corrected chi connectivity index (χ4v) is 2.46. The molecule has 0 unspecified atom stereocenters. The van der Waals surface area contributed by atoms with Gasteiger partial charge in [0.2, 0.25) is 6.79 Å². The summed E-state index contributed by atoms with van der Waals surface area (Å²) in [6, 6.07) is 5.12. The van der Waals surface area contributed by atoms with E-state index in [0.29, 0.717) is 17.2 Å². The van der Waals surface area contributed by atoms with Gasteiger partial charge in [0.15, 0.2) is 17.2 Å². The summed E-state index contributed by atoms with van der Waals surface area (Å²) in [5, 5.41) is 12.9. The van der Waals surface area contributed by atoms with Gasteiger partial charge in [-0.1, -0.05) is 0 Å². The van der Waals surface area contributed by atoms with E-state index >= 15 is 0 Å². The van der Waals surface area contributed by atoms with Gasteiger partial charge in [0, 0.05) is 17.1 Å². The predicted octanol–water partition coefficient (Wildman–Crippen LogP) is 2.28. The summed E-state index contributed by atoms with van der Waals surface area (Å²) in [5.74, 6) is 0.242.